The summed E-state index contributed by atoms with van der Waals surface area (Å²) in [4.78, 5) is 0. The first-order valence-electron chi connectivity index (χ1n) is 14.5. The van der Waals surface area contributed by atoms with Crippen LogP contribution in [0.2, 0.25) is 0 Å². The largest absolute Gasteiger partial charge is 0.741 e. The Hall–Kier alpha value is -4.27. The van der Waals surface area contributed by atoms with Crippen LogP contribution < -0.4 is 4.57 Å². The third-order valence-electron chi connectivity index (χ3n) is 7.74. The average molecular weight is 616 g/mol. The van der Waals surface area contributed by atoms with Crippen molar-refractivity contribution in [3.8, 4) is 44.8 Å². The van der Waals surface area contributed by atoms with Crippen molar-refractivity contribution in [1.29, 1.82) is 0 Å². The van der Waals surface area contributed by atoms with E-state index in [0.29, 0.717) is 0 Å². The molecule has 0 bridgehead atoms. The van der Waals surface area contributed by atoms with Gasteiger partial charge in [-0.1, -0.05) is 104 Å². The lowest BCUT2D eigenvalue weighted by molar-refractivity contribution is -0.676. The van der Waals surface area contributed by atoms with Crippen LogP contribution in [0.25, 0.3) is 44.8 Å². The number of pyridine rings is 1. The van der Waals surface area contributed by atoms with Gasteiger partial charge in [0, 0.05) is 23.6 Å². The molecule has 0 saturated carbocycles. The normalized spacial score (nSPS) is 12.5. The summed E-state index contributed by atoms with van der Waals surface area (Å²) in [6, 6.07) is 42.2. The van der Waals surface area contributed by atoms with E-state index in [1.807, 2.05) is 0 Å². The fourth-order valence-corrected chi connectivity index (χ4v) is 5.63. The molecule has 226 valence electrons. The predicted octanol–water partition coefficient (Wildman–Crippen LogP) is 8.59. The molecule has 44 heavy (non-hydrogen) atoms. The fourth-order valence-electron chi connectivity index (χ4n) is 5.63. The summed E-state index contributed by atoms with van der Waals surface area (Å²) in [6.07, 6.45) is 4.48. The van der Waals surface area contributed by atoms with Crippen LogP contribution in [0.15, 0.2) is 115 Å². The van der Waals surface area contributed by atoms with Gasteiger partial charge in [-0.25, -0.2) is 8.42 Å². The number of rotatable bonds is 6. The molecule has 1 heterocycles. The molecular weight excluding hydrogens is 583 g/mol. The van der Waals surface area contributed by atoms with Gasteiger partial charge in [-0.05, 0) is 58.9 Å². The van der Waals surface area contributed by atoms with Gasteiger partial charge >= 0.3 is 5.51 Å². The molecule has 0 unspecified atom stereocenters. The van der Waals surface area contributed by atoms with Crippen molar-refractivity contribution in [3.05, 3.63) is 126 Å². The molecule has 4 aromatic carbocycles. The molecule has 0 saturated heterocycles. The number of aryl methyl sites for hydroxylation is 1. The van der Waals surface area contributed by atoms with Crippen LogP contribution in [-0.4, -0.2) is 18.5 Å². The van der Waals surface area contributed by atoms with Crippen LogP contribution >= 0.6 is 0 Å². The number of benzene rings is 4. The number of halogens is 3. The minimum Gasteiger partial charge on any atom is -0.741 e. The van der Waals surface area contributed by atoms with Gasteiger partial charge in [-0.3, -0.25) is 0 Å². The minimum absolute atomic E-state index is 1.02. The van der Waals surface area contributed by atoms with Crippen LogP contribution in [0.4, 0.5) is 13.2 Å². The molecule has 0 spiro atoms. The number of nitrogens with zero attached hydrogens (tertiary/aromatic N) is 1. The highest BCUT2D eigenvalue weighted by Gasteiger charge is 2.37. The zero-order chi connectivity index (χ0) is 31.3. The molecule has 1 aliphatic rings. The standard InChI is InChI=1S/C35H32N.CHF3O3S/c1-2-3-23-36-34(29-17-11-6-12-18-29)25-32(27-15-9-5-10-16-27)31-22-21-28-19-20-30(24-33(28)35(31)36)26-13-7-4-8-14-26;2-1(3,4)8(5,6)7/h4-20,24-25H,2-3,21-23H2,1H3;(H,5,6,7)/q+1;/p-1. The van der Waals surface area contributed by atoms with Gasteiger partial charge in [0.15, 0.2) is 10.1 Å². The number of hydrogen-bond donors (Lipinski definition) is 0. The first-order chi connectivity index (χ1) is 21.1. The molecule has 6 rings (SSSR count). The molecule has 0 radical (unpaired) electrons. The van der Waals surface area contributed by atoms with Crippen molar-refractivity contribution in [2.75, 3.05) is 0 Å². The van der Waals surface area contributed by atoms with E-state index in [-0.39, 0.29) is 0 Å². The summed E-state index contributed by atoms with van der Waals surface area (Å²) < 4.78 is 61.5. The number of hydrogen-bond acceptors (Lipinski definition) is 3. The second-order valence-electron chi connectivity index (χ2n) is 10.6. The molecule has 0 amide bonds. The van der Waals surface area contributed by atoms with Crippen molar-refractivity contribution >= 4 is 10.1 Å². The molecule has 0 atom stereocenters. The second kappa shape index (κ2) is 13.2. The van der Waals surface area contributed by atoms with E-state index in [1.165, 1.54) is 62.3 Å². The fraction of sp³-hybridized carbons (Fsp3) is 0.194. The molecule has 4 nitrogen and oxygen atoms in total. The summed E-state index contributed by atoms with van der Waals surface area (Å²) in [7, 11) is -6.09. The Balaban J connectivity index is 0.000000426. The predicted molar refractivity (Wildman–Crippen MR) is 166 cm³/mol. The number of fused-ring (bicyclic) bond motifs is 3. The van der Waals surface area contributed by atoms with Gasteiger partial charge in [0.25, 0.3) is 0 Å². The van der Waals surface area contributed by atoms with Crippen LogP contribution in [0.1, 0.15) is 30.9 Å². The maximum atomic E-state index is 10.7. The van der Waals surface area contributed by atoms with Crippen LogP contribution in [0, 0.1) is 0 Å². The monoisotopic (exact) mass is 615 g/mol. The number of unbranched alkanes of at least 4 members (excludes halogenated alkanes) is 1. The number of aromatic nitrogens is 1. The molecule has 1 aliphatic carbocycles. The highest BCUT2D eigenvalue weighted by molar-refractivity contribution is 7.86. The third kappa shape index (κ3) is 6.77. The summed E-state index contributed by atoms with van der Waals surface area (Å²) in [5, 5.41) is 0. The van der Waals surface area contributed by atoms with Crippen molar-refractivity contribution in [2.24, 2.45) is 0 Å². The van der Waals surface area contributed by atoms with Gasteiger partial charge in [0.2, 0.25) is 11.4 Å². The molecule has 8 heteroatoms. The quantitative estimate of drug-likeness (QED) is 0.109. The smallest absolute Gasteiger partial charge is 0.485 e. The minimum atomic E-state index is -6.09. The Bertz CT molecular complexity index is 1840. The molecule has 1 aromatic heterocycles. The van der Waals surface area contributed by atoms with Crippen molar-refractivity contribution < 1.29 is 30.7 Å². The first-order valence-corrected chi connectivity index (χ1v) is 15.9. The Morgan fingerprint density at radius 2 is 1.25 bits per heavy atom. The van der Waals surface area contributed by atoms with Crippen LogP contribution in [0.5, 0.6) is 0 Å². The van der Waals surface area contributed by atoms with E-state index in [1.54, 1.807) is 0 Å². The number of alkyl halides is 3. The molecule has 0 N–H and O–H groups in total. The highest BCUT2D eigenvalue weighted by Crippen LogP contribution is 2.40. The van der Waals surface area contributed by atoms with E-state index >= 15 is 0 Å². The van der Waals surface area contributed by atoms with Gasteiger partial charge in [-0.2, -0.15) is 17.7 Å². The molecule has 0 aliphatic heterocycles. The Labute approximate surface area is 256 Å². The topological polar surface area (TPSA) is 61.1 Å². The van der Waals surface area contributed by atoms with Gasteiger partial charge in [-0.15, -0.1) is 0 Å². The lowest BCUT2D eigenvalue weighted by Crippen LogP contribution is -2.41. The summed E-state index contributed by atoms with van der Waals surface area (Å²) in [5.41, 5.74) is 7.90. The van der Waals surface area contributed by atoms with Crippen LogP contribution in [-0.2, 0) is 29.5 Å². The van der Waals surface area contributed by atoms with E-state index < -0.39 is 15.6 Å². The summed E-state index contributed by atoms with van der Waals surface area (Å²) in [5.74, 6) is 0. The van der Waals surface area contributed by atoms with E-state index in [9.17, 15) is 13.2 Å². The molecule has 0 fully saturated rings. The maximum absolute atomic E-state index is 10.7. The van der Waals surface area contributed by atoms with Crippen molar-refractivity contribution in [2.45, 2.75) is 44.7 Å². The summed E-state index contributed by atoms with van der Waals surface area (Å²) in [6.45, 7) is 3.31. The molecule has 5 aromatic rings. The van der Waals surface area contributed by atoms with Gasteiger partial charge in [0.05, 0.1) is 5.56 Å². The highest BCUT2D eigenvalue weighted by atomic mass is 32.2. The van der Waals surface area contributed by atoms with Crippen LogP contribution in [0.3, 0.4) is 0 Å². The van der Waals surface area contributed by atoms with E-state index in [2.05, 4.69) is 127 Å². The Kier molecular flexibility index (Phi) is 9.32. The lowest BCUT2D eigenvalue weighted by Gasteiger charge is -2.24. The van der Waals surface area contributed by atoms with Crippen molar-refractivity contribution in [1.82, 2.24) is 0 Å². The van der Waals surface area contributed by atoms with E-state index in [0.717, 1.165) is 25.8 Å². The zero-order valence-electron chi connectivity index (χ0n) is 24.2. The average Bonchev–Trinajstić information content (AvgIpc) is 3.03. The molecular formula is C36H32F3NO3S. The lowest BCUT2D eigenvalue weighted by atomic mass is 9.82. The Morgan fingerprint density at radius 3 is 1.80 bits per heavy atom. The summed E-state index contributed by atoms with van der Waals surface area (Å²) >= 11 is 0. The van der Waals surface area contributed by atoms with Gasteiger partial charge < -0.3 is 4.55 Å². The van der Waals surface area contributed by atoms with E-state index in [4.69, 9.17) is 13.0 Å². The third-order valence-corrected chi connectivity index (χ3v) is 8.31. The SMILES string of the molecule is CCCC[n+]1c(-c2ccccc2)cc(-c2ccccc2)c2c1-c1cc(-c3ccccc3)ccc1CC2.O=S(=O)([O-])C(F)(F)F. The second-order valence-corrected chi connectivity index (χ2v) is 12.0. The van der Waals surface area contributed by atoms with Crippen molar-refractivity contribution in [3.63, 3.8) is 0 Å². The Morgan fingerprint density at radius 1 is 0.705 bits per heavy atom. The maximum Gasteiger partial charge on any atom is 0.485 e. The van der Waals surface area contributed by atoms with Gasteiger partial charge in [0.1, 0.15) is 6.54 Å². The first kappa shape index (κ1) is 31.2. The zero-order valence-corrected chi connectivity index (χ0v) is 25.0.